The fraction of sp³-hybridized carbons (Fsp3) is 0.235. The molecule has 0 heterocycles. The van der Waals surface area contributed by atoms with Crippen molar-refractivity contribution in [2.75, 3.05) is 11.4 Å². The van der Waals surface area contributed by atoms with Crippen LogP contribution in [0.4, 0.5) is 5.69 Å². The number of anilines is 1. The standard InChI is InChI=1S/C17H19NO2/c1-3-18(15-10-7-11-16(19)12-15)17(20)13(2)14-8-5-4-6-9-14/h4-13,19H,3H2,1-2H3. The number of nitrogens with zero attached hydrogens (tertiary/aromatic N) is 1. The molecule has 0 saturated carbocycles. The first kappa shape index (κ1) is 14.1. The van der Waals surface area contributed by atoms with Gasteiger partial charge in [-0.2, -0.15) is 0 Å². The highest BCUT2D eigenvalue weighted by atomic mass is 16.3. The van der Waals surface area contributed by atoms with Gasteiger partial charge in [0.15, 0.2) is 0 Å². The van der Waals surface area contributed by atoms with Gasteiger partial charge in [0.05, 0.1) is 5.92 Å². The van der Waals surface area contributed by atoms with Gasteiger partial charge in [0.25, 0.3) is 0 Å². The van der Waals surface area contributed by atoms with Crippen LogP contribution in [0.5, 0.6) is 5.75 Å². The molecule has 1 atom stereocenters. The number of likely N-dealkylation sites (N-methyl/N-ethyl adjacent to an activating group) is 1. The Hall–Kier alpha value is -2.29. The van der Waals surface area contributed by atoms with Crippen LogP contribution in [0, 0.1) is 0 Å². The van der Waals surface area contributed by atoms with Crippen molar-refractivity contribution < 1.29 is 9.90 Å². The molecular formula is C17H19NO2. The lowest BCUT2D eigenvalue weighted by Crippen LogP contribution is -2.34. The molecule has 104 valence electrons. The van der Waals surface area contributed by atoms with E-state index < -0.39 is 0 Å². The summed E-state index contributed by atoms with van der Waals surface area (Å²) in [4.78, 5) is 14.3. The summed E-state index contributed by atoms with van der Waals surface area (Å²) in [6.07, 6.45) is 0. The van der Waals surface area contributed by atoms with Gasteiger partial charge in [0, 0.05) is 18.3 Å². The normalized spacial score (nSPS) is 11.9. The number of carbonyl (C=O) groups excluding carboxylic acids is 1. The van der Waals surface area contributed by atoms with Crippen molar-refractivity contribution in [3.63, 3.8) is 0 Å². The van der Waals surface area contributed by atoms with Crippen LogP contribution >= 0.6 is 0 Å². The summed E-state index contributed by atoms with van der Waals surface area (Å²) in [5.41, 5.74) is 1.72. The van der Waals surface area contributed by atoms with Gasteiger partial charge in [-0.25, -0.2) is 0 Å². The van der Waals surface area contributed by atoms with Crippen LogP contribution in [0.1, 0.15) is 25.3 Å². The summed E-state index contributed by atoms with van der Waals surface area (Å²) in [5, 5.41) is 9.56. The fourth-order valence-corrected chi connectivity index (χ4v) is 2.24. The smallest absolute Gasteiger partial charge is 0.234 e. The number of hydrogen-bond donors (Lipinski definition) is 1. The monoisotopic (exact) mass is 269 g/mol. The van der Waals surface area contributed by atoms with Gasteiger partial charge in [0.2, 0.25) is 5.91 Å². The zero-order valence-corrected chi connectivity index (χ0v) is 11.8. The van der Waals surface area contributed by atoms with Gasteiger partial charge in [-0.1, -0.05) is 36.4 Å². The molecule has 0 bridgehead atoms. The Morgan fingerprint density at radius 2 is 1.85 bits per heavy atom. The summed E-state index contributed by atoms with van der Waals surface area (Å²) >= 11 is 0. The number of hydrogen-bond acceptors (Lipinski definition) is 2. The van der Waals surface area contributed by atoms with Crippen LogP contribution in [-0.4, -0.2) is 17.6 Å². The largest absolute Gasteiger partial charge is 0.508 e. The second-order valence-corrected chi connectivity index (χ2v) is 4.73. The quantitative estimate of drug-likeness (QED) is 0.922. The van der Waals surface area contributed by atoms with Gasteiger partial charge in [-0.15, -0.1) is 0 Å². The lowest BCUT2D eigenvalue weighted by atomic mass is 9.99. The Balaban J connectivity index is 2.26. The van der Waals surface area contributed by atoms with E-state index in [-0.39, 0.29) is 17.6 Å². The number of aromatic hydroxyl groups is 1. The highest BCUT2D eigenvalue weighted by Crippen LogP contribution is 2.24. The Bertz CT molecular complexity index is 581. The van der Waals surface area contributed by atoms with E-state index in [0.29, 0.717) is 6.54 Å². The third-order valence-electron chi connectivity index (χ3n) is 3.39. The minimum absolute atomic E-state index is 0.0318. The highest BCUT2D eigenvalue weighted by Gasteiger charge is 2.22. The molecule has 1 unspecified atom stereocenters. The van der Waals surface area contributed by atoms with Crippen molar-refractivity contribution in [3.8, 4) is 5.75 Å². The minimum atomic E-state index is -0.210. The first-order valence-corrected chi connectivity index (χ1v) is 6.79. The summed E-state index contributed by atoms with van der Waals surface area (Å²) < 4.78 is 0. The Morgan fingerprint density at radius 3 is 2.45 bits per heavy atom. The van der Waals surface area contributed by atoms with Gasteiger partial charge >= 0.3 is 0 Å². The molecule has 1 amide bonds. The van der Waals surface area contributed by atoms with Crippen molar-refractivity contribution in [2.24, 2.45) is 0 Å². The molecule has 0 aliphatic heterocycles. The molecule has 0 fully saturated rings. The maximum atomic E-state index is 12.6. The van der Waals surface area contributed by atoms with Crippen LogP contribution in [0.25, 0.3) is 0 Å². The van der Waals surface area contributed by atoms with Crippen LogP contribution in [0.3, 0.4) is 0 Å². The van der Waals surface area contributed by atoms with Crippen LogP contribution in [0.15, 0.2) is 54.6 Å². The Morgan fingerprint density at radius 1 is 1.15 bits per heavy atom. The summed E-state index contributed by atoms with van der Waals surface area (Å²) in [7, 11) is 0. The van der Waals surface area contributed by atoms with E-state index in [1.807, 2.05) is 50.2 Å². The fourth-order valence-electron chi connectivity index (χ4n) is 2.24. The van der Waals surface area contributed by atoms with Crippen LogP contribution < -0.4 is 4.90 Å². The van der Waals surface area contributed by atoms with E-state index in [4.69, 9.17) is 0 Å². The van der Waals surface area contributed by atoms with Crippen molar-refractivity contribution in [3.05, 3.63) is 60.2 Å². The van der Waals surface area contributed by atoms with Gasteiger partial charge in [-0.05, 0) is 31.5 Å². The number of amides is 1. The second kappa shape index (κ2) is 6.24. The molecular weight excluding hydrogens is 250 g/mol. The molecule has 2 aromatic carbocycles. The van der Waals surface area contributed by atoms with Crippen molar-refractivity contribution in [1.82, 2.24) is 0 Å². The number of carbonyl (C=O) groups is 1. The van der Waals surface area contributed by atoms with E-state index in [2.05, 4.69) is 0 Å². The topological polar surface area (TPSA) is 40.5 Å². The molecule has 0 aromatic heterocycles. The molecule has 3 nitrogen and oxygen atoms in total. The first-order valence-electron chi connectivity index (χ1n) is 6.79. The van der Waals surface area contributed by atoms with Gasteiger partial charge in [0.1, 0.15) is 5.75 Å². The van der Waals surface area contributed by atoms with E-state index in [1.165, 1.54) is 0 Å². The lowest BCUT2D eigenvalue weighted by Gasteiger charge is -2.25. The zero-order valence-electron chi connectivity index (χ0n) is 11.8. The third kappa shape index (κ3) is 2.99. The van der Waals surface area contributed by atoms with Crippen molar-refractivity contribution in [2.45, 2.75) is 19.8 Å². The Labute approximate surface area is 119 Å². The third-order valence-corrected chi connectivity index (χ3v) is 3.39. The first-order chi connectivity index (χ1) is 9.63. The number of phenolic OH excluding ortho intramolecular Hbond substituents is 1. The average molecular weight is 269 g/mol. The SMILES string of the molecule is CCN(C(=O)C(C)c1ccccc1)c1cccc(O)c1. The number of phenols is 1. The van der Waals surface area contributed by atoms with Gasteiger partial charge < -0.3 is 10.0 Å². The van der Waals surface area contributed by atoms with E-state index in [1.54, 1.807) is 23.1 Å². The Kier molecular flexibility index (Phi) is 4.41. The summed E-state index contributed by atoms with van der Waals surface area (Å²) in [5.74, 6) is -0.0103. The maximum Gasteiger partial charge on any atom is 0.234 e. The van der Waals surface area contributed by atoms with E-state index in [0.717, 1.165) is 11.3 Å². The predicted octanol–water partition coefficient (Wildman–Crippen LogP) is 3.55. The zero-order chi connectivity index (χ0) is 14.5. The molecule has 0 aliphatic carbocycles. The van der Waals surface area contributed by atoms with E-state index in [9.17, 15) is 9.90 Å². The average Bonchev–Trinajstić information content (AvgIpc) is 2.48. The summed E-state index contributed by atoms with van der Waals surface area (Å²) in [6.45, 7) is 4.41. The molecule has 0 aliphatic rings. The van der Waals surface area contributed by atoms with Crippen molar-refractivity contribution in [1.29, 1.82) is 0 Å². The minimum Gasteiger partial charge on any atom is -0.508 e. The van der Waals surface area contributed by atoms with E-state index >= 15 is 0 Å². The summed E-state index contributed by atoms with van der Waals surface area (Å²) in [6, 6.07) is 16.5. The molecule has 20 heavy (non-hydrogen) atoms. The molecule has 3 heteroatoms. The van der Waals surface area contributed by atoms with Crippen LogP contribution in [0.2, 0.25) is 0 Å². The number of benzene rings is 2. The predicted molar refractivity (Wildman–Crippen MR) is 81.0 cm³/mol. The maximum absolute atomic E-state index is 12.6. The van der Waals surface area contributed by atoms with Crippen molar-refractivity contribution >= 4 is 11.6 Å². The van der Waals surface area contributed by atoms with Gasteiger partial charge in [-0.3, -0.25) is 4.79 Å². The lowest BCUT2D eigenvalue weighted by molar-refractivity contribution is -0.119. The molecule has 0 spiro atoms. The second-order valence-electron chi connectivity index (χ2n) is 4.73. The molecule has 1 N–H and O–H groups in total. The highest BCUT2D eigenvalue weighted by molar-refractivity contribution is 5.97. The molecule has 0 radical (unpaired) electrons. The molecule has 0 saturated heterocycles. The van der Waals surface area contributed by atoms with Crippen LogP contribution in [-0.2, 0) is 4.79 Å². The number of rotatable bonds is 4. The molecule has 2 aromatic rings. The molecule has 2 rings (SSSR count).